The van der Waals surface area contributed by atoms with E-state index in [-0.39, 0.29) is 11.5 Å². The molecule has 2 aliphatic rings. The van der Waals surface area contributed by atoms with Gasteiger partial charge in [0.05, 0.1) is 30.5 Å². The maximum Gasteiger partial charge on any atom is 0.460 e. The minimum absolute atomic E-state index is 0.239. The number of rotatable bonds is 9. The molecular weight excluding hydrogens is 545 g/mol. The average molecular weight is 573 g/mol. The molecule has 1 aromatic heterocycles. The molecule has 1 fully saturated rings. The number of aromatic nitrogens is 2. The lowest BCUT2D eigenvalue weighted by Gasteiger charge is -2.32. The molecule has 5 rings (SSSR count). The molecule has 0 amide bonds. The Morgan fingerprint density at radius 3 is 2.79 bits per heavy atom. The Labute approximate surface area is 234 Å². The molecular formula is C28H28ClFN3O5S+. The molecule has 0 radical (unpaired) electrons. The second-order valence-corrected chi connectivity index (χ2v) is 10.8. The summed E-state index contributed by atoms with van der Waals surface area (Å²) in [4.78, 5) is 17.8. The largest absolute Gasteiger partial charge is 0.478 e. The standard InChI is InChI=1S/C28H27ClFN3O5S/c1-28(22-7-5-19(29)15-23(22)30)37-24-4-2-3-21(27(24)38-28)18-9-11-32(12-10-18)17-25-31-16-20(6-8-26(34)35)33(25)13-14-39-36/h2-8,15-16,18H,9-14,17H2,1H3/p+1/b8-6+. The van der Waals surface area contributed by atoms with E-state index in [1.165, 1.54) is 12.1 Å². The number of halogens is 2. The number of carboxylic acid groups (broad SMARTS) is 1. The third kappa shape index (κ3) is 5.83. The van der Waals surface area contributed by atoms with E-state index in [0.717, 1.165) is 43.4 Å². The molecule has 204 valence electrons. The minimum atomic E-state index is -1.29. The van der Waals surface area contributed by atoms with Gasteiger partial charge in [-0.3, -0.25) is 4.90 Å². The van der Waals surface area contributed by atoms with Gasteiger partial charge in [0.15, 0.2) is 11.5 Å². The Hall–Kier alpha value is -3.34. The number of carboxylic acids is 1. The van der Waals surface area contributed by atoms with Gasteiger partial charge in [-0.2, -0.15) is 0 Å². The van der Waals surface area contributed by atoms with Crippen LogP contribution in [0.15, 0.2) is 48.7 Å². The molecule has 2 aromatic carbocycles. The Morgan fingerprint density at radius 1 is 1.28 bits per heavy atom. The molecule has 0 aliphatic carbocycles. The molecule has 0 bridgehead atoms. The van der Waals surface area contributed by atoms with E-state index in [9.17, 15) is 13.4 Å². The second kappa shape index (κ2) is 11.4. The van der Waals surface area contributed by atoms with Crippen molar-refractivity contribution in [2.24, 2.45) is 0 Å². The number of nitrogens with zero attached hydrogens (tertiary/aromatic N) is 3. The van der Waals surface area contributed by atoms with Crippen molar-refractivity contribution in [3.05, 3.63) is 82.2 Å². The Kier molecular flexibility index (Phi) is 7.97. The Balaban J connectivity index is 1.28. The monoisotopic (exact) mass is 572 g/mol. The summed E-state index contributed by atoms with van der Waals surface area (Å²) in [5.41, 5.74) is 1.99. The average Bonchev–Trinajstić information content (AvgIpc) is 3.46. The molecule has 39 heavy (non-hydrogen) atoms. The van der Waals surface area contributed by atoms with Gasteiger partial charge in [0.1, 0.15) is 11.6 Å². The number of benzene rings is 2. The smallest absolute Gasteiger partial charge is 0.460 e. The van der Waals surface area contributed by atoms with Crippen LogP contribution in [0.2, 0.25) is 5.02 Å². The highest BCUT2D eigenvalue weighted by atomic mass is 35.5. The third-order valence-electron chi connectivity index (χ3n) is 7.19. The maximum atomic E-state index is 14.7. The SMILES string of the molecule is CC1(c2ccc(Cl)cc2F)Oc2cccc(C3CCN(Cc4ncc(/C=C/C(=O)O)n4CC[S+]=O)CC3)c2O1. The molecule has 1 atom stereocenters. The van der Waals surface area contributed by atoms with E-state index < -0.39 is 17.6 Å². The predicted molar refractivity (Wildman–Crippen MR) is 146 cm³/mol. The van der Waals surface area contributed by atoms with Crippen molar-refractivity contribution in [2.45, 2.75) is 44.6 Å². The van der Waals surface area contributed by atoms with Crippen LogP contribution in [0, 0.1) is 5.82 Å². The van der Waals surface area contributed by atoms with E-state index in [1.54, 1.807) is 25.3 Å². The molecule has 2 aliphatic heterocycles. The van der Waals surface area contributed by atoms with Crippen molar-refractivity contribution in [2.75, 3.05) is 18.8 Å². The van der Waals surface area contributed by atoms with Crippen LogP contribution in [0.4, 0.5) is 4.39 Å². The Bertz CT molecular complexity index is 1420. The first-order valence-corrected chi connectivity index (χ1v) is 14.0. The summed E-state index contributed by atoms with van der Waals surface area (Å²) in [5, 5.41) is 9.29. The van der Waals surface area contributed by atoms with Crippen molar-refractivity contribution in [3.8, 4) is 11.5 Å². The van der Waals surface area contributed by atoms with E-state index in [0.29, 0.717) is 52.7 Å². The van der Waals surface area contributed by atoms with Gasteiger partial charge in [0, 0.05) is 27.8 Å². The number of ether oxygens (including phenoxy) is 2. The van der Waals surface area contributed by atoms with Gasteiger partial charge < -0.3 is 19.1 Å². The van der Waals surface area contributed by atoms with E-state index >= 15 is 0 Å². The third-order valence-corrected chi connectivity index (χ3v) is 7.77. The topological polar surface area (TPSA) is 93.9 Å². The van der Waals surface area contributed by atoms with Gasteiger partial charge in [-0.05, 0) is 62.2 Å². The normalized spacial score (nSPS) is 19.6. The van der Waals surface area contributed by atoms with Crippen LogP contribution in [0.5, 0.6) is 11.5 Å². The van der Waals surface area contributed by atoms with Gasteiger partial charge >= 0.3 is 17.6 Å². The molecule has 1 unspecified atom stereocenters. The fraction of sp³-hybridized carbons (Fsp3) is 0.357. The quantitative estimate of drug-likeness (QED) is 0.277. The van der Waals surface area contributed by atoms with Crippen molar-refractivity contribution in [1.29, 1.82) is 0 Å². The molecule has 8 nitrogen and oxygen atoms in total. The number of hydrogen-bond acceptors (Lipinski definition) is 6. The van der Waals surface area contributed by atoms with Crippen LogP contribution in [0.25, 0.3) is 6.08 Å². The van der Waals surface area contributed by atoms with E-state index in [1.807, 2.05) is 22.8 Å². The number of para-hydroxylation sites is 1. The first kappa shape index (κ1) is 27.2. The molecule has 0 spiro atoms. The summed E-state index contributed by atoms with van der Waals surface area (Å²) >= 11 is 6.43. The van der Waals surface area contributed by atoms with Crippen molar-refractivity contribution in [1.82, 2.24) is 14.5 Å². The molecule has 11 heteroatoms. The Morgan fingerprint density at radius 2 is 2.08 bits per heavy atom. The van der Waals surface area contributed by atoms with Crippen LogP contribution >= 0.6 is 11.6 Å². The fourth-order valence-electron chi connectivity index (χ4n) is 5.27. The second-order valence-electron chi connectivity index (χ2n) is 9.74. The van der Waals surface area contributed by atoms with Crippen molar-refractivity contribution >= 4 is 35.3 Å². The number of piperidine rings is 1. The lowest BCUT2D eigenvalue weighted by molar-refractivity contribution is -0.131. The van der Waals surface area contributed by atoms with Gasteiger partial charge in [-0.15, -0.1) is 0 Å². The number of carbonyl (C=O) groups is 1. The fourth-order valence-corrected chi connectivity index (χ4v) is 5.69. The lowest BCUT2D eigenvalue weighted by atomic mass is 9.88. The highest BCUT2D eigenvalue weighted by molar-refractivity contribution is 7.65. The van der Waals surface area contributed by atoms with Crippen LogP contribution in [-0.4, -0.2) is 44.4 Å². The number of aliphatic carboxylic acids is 1. The highest BCUT2D eigenvalue weighted by Gasteiger charge is 2.43. The van der Waals surface area contributed by atoms with Crippen molar-refractivity contribution in [3.63, 3.8) is 0 Å². The maximum absolute atomic E-state index is 14.7. The number of hydrogen-bond donors (Lipinski definition) is 1. The predicted octanol–water partition coefficient (Wildman–Crippen LogP) is 5.23. The lowest BCUT2D eigenvalue weighted by Crippen LogP contribution is -2.34. The summed E-state index contributed by atoms with van der Waals surface area (Å²) in [7, 11) is 0. The summed E-state index contributed by atoms with van der Waals surface area (Å²) in [6, 6.07) is 10.3. The summed E-state index contributed by atoms with van der Waals surface area (Å²) < 4.78 is 40.1. The van der Waals surface area contributed by atoms with Crippen LogP contribution < -0.4 is 9.47 Å². The molecule has 1 saturated heterocycles. The number of imidazole rings is 1. The summed E-state index contributed by atoms with van der Waals surface area (Å²) in [6.07, 6.45) is 5.98. The zero-order valence-electron chi connectivity index (χ0n) is 21.3. The minimum Gasteiger partial charge on any atom is -0.478 e. The molecule has 0 saturated carbocycles. The van der Waals surface area contributed by atoms with Gasteiger partial charge in [-0.25, -0.2) is 14.2 Å². The van der Waals surface area contributed by atoms with Gasteiger partial charge in [0.25, 0.3) is 5.79 Å². The molecule has 3 heterocycles. The molecule has 1 N–H and O–H groups in total. The van der Waals surface area contributed by atoms with E-state index in [4.69, 9.17) is 26.2 Å². The van der Waals surface area contributed by atoms with Gasteiger partial charge in [0.2, 0.25) is 5.75 Å². The van der Waals surface area contributed by atoms with Gasteiger partial charge in [-0.1, -0.05) is 23.7 Å². The summed E-state index contributed by atoms with van der Waals surface area (Å²) in [6.45, 7) is 4.40. The van der Waals surface area contributed by atoms with Crippen LogP contribution in [0.3, 0.4) is 0 Å². The van der Waals surface area contributed by atoms with Crippen molar-refractivity contribution < 1.29 is 28.0 Å². The first-order chi connectivity index (χ1) is 18.8. The number of likely N-dealkylation sites (tertiary alicyclic amines) is 1. The number of fused-ring (bicyclic) bond motifs is 1. The highest BCUT2D eigenvalue weighted by Crippen LogP contribution is 2.49. The van der Waals surface area contributed by atoms with Crippen LogP contribution in [0.1, 0.15) is 48.3 Å². The molecule has 3 aromatic rings. The van der Waals surface area contributed by atoms with E-state index in [2.05, 4.69) is 9.88 Å². The zero-order chi connectivity index (χ0) is 27.6. The first-order valence-electron chi connectivity index (χ1n) is 12.7. The van der Waals surface area contributed by atoms with Crippen LogP contribution in [-0.2, 0) is 39.5 Å². The summed E-state index contributed by atoms with van der Waals surface area (Å²) in [5.74, 6) is -0.181. The zero-order valence-corrected chi connectivity index (χ0v) is 22.9.